The Hall–Kier alpha value is -1.59. The molecule has 0 amide bonds. The molecule has 1 fully saturated rings. The largest absolute Gasteiger partial charge is 0.467 e. The molecule has 1 aliphatic carbocycles. The lowest BCUT2D eigenvalue weighted by Crippen LogP contribution is -2.30. The summed E-state index contributed by atoms with van der Waals surface area (Å²) in [6.45, 7) is 0.996. The Kier molecular flexibility index (Phi) is 3.61. The zero-order valence-electron chi connectivity index (χ0n) is 10.6. The van der Waals surface area contributed by atoms with E-state index in [2.05, 4.69) is 25.2 Å². The van der Waals surface area contributed by atoms with Crippen LogP contribution in [0.1, 0.15) is 19.3 Å². The molecule has 0 aliphatic heterocycles. The van der Waals surface area contributed by atoms with Gasteiger partial charge in [0.25, 0.3) is 0 Å². The highest BCUT2D eigenvalue weighted by molar-refractivity contribution is 5.37. The number of hydrogen-bond donors (Lipinski definition) is 1. The molecule has 1 aromatic heterocycles. The second kappa shape index (κ2) is 5.16. The first-order valence-corrected chi connectivity index (χ1v) is 5.92. The number of nitrogens with one attached hydrogen (secondary N) is 1. The fourth-order valence-corrected chi connectivity index (χ4v) is 1.86. The van der Waals surface area contributed by atoms with Crippen LogP contribution in [0.15, 0.2) is 0 Å². The Balaban J connectivity index is 2.11. The van der Waals surface area contributed by atoms with E-state index < -0.39 is 0 Å². The first kappa shape index (κ1) is 11.9. The first-order valence-electron chi connectivity index (χ1n) is 5.92. The molecule has 1 N–H and O–H groups in total. The van der Waals surface area contributed by atoms with E-state index in [9.17, 15) is 0 Å². The van der Waals surface area contributed by atoms with Gasteiger partial charge in [0.1, 0.15) is 0 Å². The summed E-state index contributed by atoms with van der Waals surface area (Å²) in [5.74, 6) is 1.97. The van der Waals surface area contributed by atoms with Crippen LogP contribution >= 0.6 is 0 Å². The molecule has 0 spiro atoms. The Morgan fingerprint density at radius 1 is 1.35 bits per heavy atom. The van der Waals surface area contributed by atoms with Crippen molar-refractivity contribution in [2.45, 2.75) is 19.3 Å². The van der Waals surface area contributed by atoms with E-state index in [1.807, 2.05) is 7.05 Å². The molecule has 0 saturated heterocycles. The van der Waals surface area contributed by atoms with Gasteiger partial charge in [-0.05, 0) is 18.8 Å². The molecule has 1 heterocycles. The number of methoxy groups -OCH3 is 1. The van der Waals surface area contributed by atoms with Crippen molar-refractivity contribution in [2.75, 3.05) is 38.0 Å². The number of nitrogens with zero attached hydrogens (tertiary/aromatic N) is 4. The lowest BCUT2D eigenvalue weighted by Gasteiger charge is -2.30. The van der Waals surface area contributed by atoms with Gasteiger partial charge < -0.3 is 15.0 Å². The van der Waals surface area contributed by atoms with Crippen LogP contribution in [-0.2, 0) is 0 Å². The number of rotatable bonds is 5. The van der Waals surface area contributed by atoms with Gasteiger partial charge in [0.05, 0.1) is 7.11 Å². The highest BCUT2D eigenvalue weighted by Gasteiger charge is 2.20. The van der Waals surface area contributed by atoms with Crippen LogP contribution in [0.2, 0.25) is 0 Å². The highest BCUT2D eigenvalue weighted by atomic mass is 16.5. The van der Waals surface area contributed by atoms with E-state index in [1.54, 1.807) is 14.2 Å². The zero-order valence-corrected chi connectivity index (χ0v) is 10.6. The molecule has 0 unspecified atom stereocenters. The molecule has 0 aromatic carbocycles. The van der Waals surface area contributed by atoms with Crippen molar-refractivity contribution in [3.63, 3.8) is 0 Å². The summed E-state index contributed by atoms with van der Waals surface area (Å²) in [4.78, 5) is 14.7. The van der Waals surface area contributed by atoms with Gasteiger partial charge in [-0.1, -0.05) is 6.42 Å². The van der Waals surface area contributed by atoms with Crippen LogP contribution in [0.25, 0.3) is 0 Å². The summed E-state index contributed by atoms with van der Waals surface area (Å²) < 4.78 is 5.06. The molecule has 0 bridgehead atoms. The summed E-state index contributed by atoms with van der Waals surface area (Å²) in [6.07, 6.45) is 3.97. The summed E-state index contributed by atoms with van der Waals surface area (Å²) in [7, 11) is 5.35. The normalized spacial score (nSPS) is 15.2. The third kappa shape index (κ3) is 2.75. The molecule has 0 radical (unpaired) electrons. The van der Waals surface area contributed by atoms with Crippen LogP contribution in [0.5, 0.6) is 6.01 Å². The number of aromatic nitrogens is 3. The van der Waals surface area contributed by atoms with Crippen LogP contribution < -0.4 is 15.0 Å². The van der Waals surface area contributed by atoms with Gasteiger partial charge in [0.2, 0.25) is 11.9 Å². The molecule has 6 heteroatoms. The van der Waals surface area contributed by atoms with Crippen molar-refractivity contribution in [1.82, 2.24) is 15.0 Å². The standard InChI is InChI=1S/C11H19N5O/c1-12-9-13-10(15-11(14-9)17-3)16(2)7-8-5-4-6-8/h8H,4-7H2,1-3H3,(H,12,13,14,15). The Labute approximate surface area is 101 Å². The van der Waals surface area contributed by atoms with E-state index in [4.69, 9.17) is 4.74 Å². The lowest BCUT2D eigenvalue weighted by atomic mass is 9.85. The summed E-state index contributed by atoms with van der Waals surface area (Å²) in [5, 5.41) is 2.91. The van der Waals surface area contributed by atoms with Crippen molar-refractivity contribution < 1.29 is 4.74 Å². The Bertz CT molecular complexity index is 358. The highest BCUT2D eigenvalue weighted by Crippen LogP contribution is 2.27. The van der Waals surface area contributed by atoms with E-state index in [-0.39, 0.29) is 0 Å². The molecular weight excluding hydrogens is 218 g/mol. The lowest BCUT2D eigenvalue weighted by molar-refractivity contribution is 0.319. The van der Waals surface area contributed by atoms with Crippen molar-refractivity contribution in [1.29, 1.82) is 0 Å². The van der Waals surface area contributed by atoms with Gasteiger partial charge in [0.15, 0.2) is 0 Å². The maximum Gasteiger partial charge on any atom is 0.322 e. The maximum absolute atomic E-state index is 5.06. The second-order valence-electron chi connectivity index (χ2n) is 4.37. The monoisotopic (exact) mass is 237 g/mol. The number of anilines is 2. The Morgan fingerprint density at radius 3 is 2.65 bits per heavy atom. The molecule has 17 heavy (non-hydrogen) atoms. The molecule has 1 aliphatic rings. The molecule has 0 atom stereocenters. The molecular formula is C11H19N5O. The minimum Gasteiger partial charge on any atom is -0.467 e. The van der Waals surface area contributed by atoms with Gasteiger partial charge in [-0.15, -0.1) is 0 Å². The van der Waals surface area contributed by atoms with E-state index >= 15 is 0 Å². The first-order chi connectivity index (χ1) is 8.22. The van der Waals surface area contributed by atoms with Crippen molar-refractivity contribution in [2.24, 2.45) is 5.92 Å². The predicted molar refractivity (Wildman–Crippen MR) is 66.5 cm³/mol. The minimum atomic E-state index is 0.347. The molecule has 1 saturated carbocycles. The zero-order chi connectivity index (χ0) is 12.3. The van der Waals surface area contributed by atoms with Crippen molar-refractivity contribution >= 4 is 11.9 Å². The van der Waals surface area contributed by atoms with Gasteiger partial charge in [0, 0.05) is 20.6 Å². The summed E-state index contributed by atoms with van der Waals surface area (Å²) >= 11 is 0. The average Bonchev–Trinajstić information content (AvgIpc) is 2.32. The van der Waals surface area contributed by atoms with Gasteiger partial charge in [-0.3, -0.25) is 0 Å². The van der Waals surface area contributed by atoms with Crippen LogP contribution in [0.3, 0.4) is 0 Å². The summed E-state index contributed by atoms with van der Waals surface area (Å²) in [6, 6.07) is 0.347. The smallest absolute Gasteiger partial charge is 0.322 e. The quantitative estimate of drug-likeness (QED) is 0.829. The molecule has 94 valence electrons. The third-order valence-corrected chi connectivity index (χ3v) is 3.11. The van der Waals surface area contributed by atoms with E-state index in [0.29, 0.717) is 17.9 Å². The van der Waals surface area contributed by atoms with Crippen LogP contribution in [0.4, 0.5) is 11.9 Å². The molecule has 2 rings (SSSR count). The SMILES string of the molecule is CNc1nc(OC)nc(N(C)CC2CCC2)n1. The topological polar surface area (TPSA) is 63.2 Å². The van der Waals surface area contributed by atoms with Gasteiger partial charge >= 0.3 is 6.01 Å². The van der Waals surface area contributed by atoms with Crippen molar-refractivity contribution in [3.05, 3.63) is 0 Å². The van der Waals surface area contributed by atoms with E-state index in [1.165, 1.54) is 19.3 Å². The average molecular weight is 237 g/mol. The second-order valence-corrected chi connectivity index (χ2v) is 4.37. The third-order valence-electron chi connectivity index (χ3n) is 3.11. The predicted octanol–water partition coefficient (Wildman–Crippen LogP) is 1.16. The van der Waals surface area contributed by atoms with Crippen molar-refractivity contribution in [3.8, 4) is 6.01 Å². The fourth-order valence-electron chi connectivity index (χ4n) is 1.86. The van der Waals surface area contributed by atoms with E-state index in [0.717, 1.165) is 12.5 Å². The molecule has 1 aromatic rings. The van der Waals surface area contributed by atoms with Crippen LogP contribution in [-0.4, -0.2) is 42.7 Å². The van der Waals surface area contributed by atoms with Gasteiger partial charge in [-0.25, -0.2) is 0 Å². The Morgan fingerprint density at radius 2 is 2.12 bits per heavy atom. The number of ether oxygens (including phenoxy) is 1. The fraction of sp³-hybridized carbons (Fsp3) is 0.727. The summed E-state index contributed by atoms with van der Waals surface area (Å²) in [5.41, 5.74) is 0. The van der Waals surface area contributed by atoms with Crippen LogP contribution in [0, 0.1) is 5.92 Å². The number of hydrogen-bond acceptors (Lipinski definition) is 6. The maximum atomic E-state index is 5.06. The molecule has 6 nitrogen and oxygen atoms in total. The minimum absolute atomic E-state index is 0.347. The van der Waals surface area contributed by atoms with Gasteiger partial charge in [-0.2, -0.15) is 15.0 Å².